The highest BCUT2D eigenvalue weighted by molar-refractivity contribution is 6.08. The number of carbonyl (C=O) groups is 3. The highest BCUT2D eigenvalue weighted by Crippen LogP contribution is 2.30. The van der Waals surface area contributed by atoms with Gasteiger partial charge in [-0.2, -0.15) is 0 Å². The molecule has 2 aromatic heterocycles. The number of ether oxygens (including phenoxy) is 1. The van der Waals surface area contributed by atoms with E-state index in [4.69, 9.17) is 21.9 Å². The monoisotopic (exact) mass is 569 g/mol. The molecule has 1 fully saturated rings. The molecule has 3 heterocycles. The maximum Gasteiger partial charge on any atom is 0.338 e. The van der Waals surface area contributed by atoms with Crippen molar-refractivity contribution >= 4 is 34.8 Å². The third-order valence-corrected chi connectivity index (χ3v) is 6.78. The van der Waals surface area contributed by atoms with Crippen molar-refractivity contribution in [3.8, 4) is 11.3 Å². The Morgan fingerprint density at radius 3 is 2.55 bits per heavy atom. The lowest BCUT2D eigenvalue weighted by molar-refractivity contribution is 0.0255. The van der Waals surface area contributed by atoms with Crippen LogP contribution in [-0.2, 0) is 4.74 Å². The first-order valence-corrected chi connectivity index (χ1v) is 13.1. The van der Waals surface area contributed by atoms with Gasteiger partial charge in [0.1, 0.15) is 11.9 Å². The molecule has 5 rings (SSSR count). The minimum atomic E-state index is -0.733. The SMILES string of the molecule is NC(=O)c1ccc(F)c(-c2ccc(N)c(C(=O)Nc3cnccc3N3C[C@@H](N)C[C@H](OC(=O)c4ccccc4)C3)n2)c1. The number of anilines is 3. The lowest BCUT2D eigenvalue weighted by atomic mass is 10.0. The van der Waals surface area contributed by atoms with Gasteiger partial charge in [-0.25, -0.2) is 14.2 Å². The Kier molecular flexibility index (Phi) is 8.07. The van der Waals surface area contributed by atoms with Gasteiger partial charge in [0, 0.05) is 36.3 Å². The van der Waals surface area contributed by atoms with Crippen molar-refractivity contribution in [3.63, 3.8) is 0 Å². The van der Waals surface area contributed by atoms with Crippen molar-refractivity contribution in [2.24, 2.45) is 11.5 Å². The van der Waals surface area contributed by atoms with Crippen molar-refractivity contribution in [2.75, 3.05) is 29.0 Å². The van der Waals surface area contributed by atoms with E-state index in [1.165, 1.54) is 30.5 Å². The molecule has 2 aromatic carbocycles. The molecule has 0 unspecified atom stereocenters. The van der Waals surface area contributed by atoms with Gasteiger partial charge in [0.2, 0.25) is 5.91 Å². The number of esters is 1. The fourth-order valence-corrected chi connectivity index (χ4v) is 4.78. The van der Waals surface area contributed by atoms with Gasteiger partial charge in [0.15, 0.2) is 5.69 Å². The van der Waals surface area contributed by atoms with Crippen LogP contribution < -0.4 is 27.4 Å². The largest absolute Gasteiger partial charge is 0.457 e. The van der Waals surface area contributed by atoms with Crippen LogP contribution in [0, 0.1) is 5.82 Å². The van der Waals surface area contributed by atoms with E-state index in [0.29, 0.717) is 36.4 Å². The number of hydrogen-bond donors (Lipinski definition) is 4. The Morgan fingerprint density at radius 2 is 1.79 bits per heavy atom. The molecule has 1 aliphatic rings. The number of piperidine rings is 1. The van der Waals surface area contributed by atoms with Crippen LogP contribution in [0.15, 0.2) is 79.1 Å². The number of nitrogens with two attached hydrogens (primary N) is 3. The number of halogens is 1. The molecule has 1 saturated heterocycles. The predicted octanol–water partition coefficient (Wildman–Crippen LogP) is 2.98. The summed E-state index contributed by atoms with van der Waals surface area (Å²) >= 11 is 0. The smallest absolute Gasteiger partial charge is 0.338 e. The molecular formula is C30H28FN7O4. The Hall–Kier alpha value is -5.36. The summed E-state index contributed by atoms with van der Waals surface area (Å²) in [7, 11) is 0. The van der Waals surface area contributed by atoms with Crippen LogP contribution in [0.5, 0.6) is 0 Å². The van der Waals surface area contributed by atoms with Crippen LogP contribution >= 0.6 is 0 Å². The molecule has 11 nitrogen and oxygen atoms in total. The van der Waals surface area contributed by atoms with Crippen LogP contribution in [0.25, 0.3) is 11.3 Å². The second-order valence-corrected chi connectivity index (χ2v) is 9.83. The van der Waals surface area contributed by atoms with Gasteiger partial charge in [0.05, 0.1) is 41.1 Å². The summed E-state index contributed by atoms with van der Waals surface area (Å²) in [6.07, 6.45) is 3.02. The van der Waals surface area contributed by atoms with Crippen molar-refractivity contribution in [1.82, 2.24) is 9.97 Å². The molecule has 2 atom stereocenters. The van der Waals surface area contributed by atoms with E-state index in [1.54, 1.807) is 36.5 Å². The standard InChI is InChI=1S/C30H28FN7O4/c31-22-7-6-18(28(34)39)12-21(22)24-9-8-23(33)27(36-24)29(40)37-25-14-35-11-10-26(25)38-15-19(32)13-20(16-38)42-30(41)17-4-2-1-3-5-17/h1-12,14,19-20H,13,15-16,32-33H2,(H2,34,39)(H,37,40)/t19-,20-/m0/s1. The highest BCUT2D eigenvalue weighted by Gasteiger charge is 2.30. The van der Waals surface area contributed by atoms with Gasteiger partial charge in [-0.05, 0) is 48.5 Å². The van der Waals surface area contributed by atoms with Crippen molar-refractivity contribution in [1.29, 1.82) is 0 Å². The summed E-state index contributed by atoms with van der Waals surface area (Å²) in [5, 5.41) is 2.78. The van der Waals surface area contributed by atoms with E-state index in [2.05, 4.69) is 15.3 Å². The van der Waals surface area contributed by atoms with Crippen molar-refractivity contribution in [3.05, 3.63) is 102 Å². The first kappa shape index (κ1) is 28.2. The van der Waals surface area contributed by atoms with Crippen LogP contribution in [0.1, 0.15) is 37.6 Å². The topological polar surface area (TPSA) is 180 Å². The molecule has 0 saturated carbocycles. The van der Waals surface area contributed by atoms with Gasteiger partial charge < -0.3 is 32.2 Å². The number of hydrogen-bond acceptors (Lipinski definition) is 9. The van der Waals surface area contributed by atoms with Crippen LogP contribution in [0.2, 0.25) is 0 Å². The molecule has 2 amide bonds. The lowest BCUT2D eigenvalue weighted by Gasteiger charge is -2.38. The molecule has 1 aliphatic heterocycles. The second-order valence-electron chi connectivity index (χ2n) is 9.83. The first-order chi connectivity index (χ1) is 20.2. The lowest BCUT2D eigenvalue weighted by Crippen LogP contribution is -2.50. The van der Waals surface area contributed by atoms with E-state index in [1.807, 2.05) is 11.0 Å². The Labute approximate surface area is 240 Å². The summed E-state index contributed by atoms with van der Waals surface area (Å²) in [6.45, 7) is 0.780. The number of amides is 2. The van der Waals surface area contributed by atoms with Crippen molar-refractivity contribution in [2.45, 2.75) is 18.6 Å². The number of aromatic nitrogens is 2. The van der Waals surface area contributed by atoms with E-state index in [9.17, 15) is 18.8 Å². The number of primary amides is 1. The molecule has 12 heteroatoms. The number of nitrogens with zero attached hydrogens (tertiary/aromatic N) is 3. The Bertz CT molecular complexity index is 1650. The average Bonchev–Trinajstić information content (AvgIpc) is 2.98. The first-order valence-electron chi connectivity index (χ1n) is 13.1. The maximum absolute atomic E-state index is 14.6. The van der Waals surface area contributed by atoms with Gasteiger partial charge >= 0.3 is 5.97 Å². The highest BCUT2D eigenvalue weighted by atomic mass is 19.1. The van der Waals surface area contributed by atoms with E-state index in [-0.39, 0.29) is 34.2 Å². The normalized spacial score (nSPS) is 16.5. The number of nitrogens with one attached hydrogen (secondary N) is 1. The second kappa shape index (κ2) is 12.0. The molecule has 0 aliphatic carbocycles. The van der Waals surface area contributed by atoms with Crippen LogP contribution in [0.4, 0.5) is 21.5 Å². The quantitative estimate of drug-likeness (QED) is 0.243. The van der Waals surface area contributed by atoms with Crippen LogP contribution in [-0.4, -0.2) is 53.0 Å². The zero-order valence-electron chi connectivity index (χ0n) is 22.4. The summed E-state index contributed by atoms with van der Waals surface area (Å²) in [4.78, 5) is 48.0. The van der Waals surface area contributed by atoms with E-state index >= 15 is 0 Å². The summed E-state index contributed by atoms with van der Waals surface area (Å²) in [6, 6.07) is 16.6. The summed E-state index contributed by atoms with van der Waals surface area (Å²) < 4.78 is 20.4. The molecule has 4 aromatic rings. The third-order valence-electron chi connectivity index (χ3n) is 6.78. The zero-order valence-corrected chi connectivity index (χ0v) is 22.4. The van der Waals surface area contributed by atoms with Gasteiger partial charge in [-0.15, -0.1) is 0 Å². The molecule has 7 N–H and O–H groups in total. The maximum atomic E-state index is 14.6. The Balaban J connectivity index is 1.37. The molecule has 42 heavy (non-hydrogen) atoms. The number of benzene rings is 2. The summed E-state index contributed by atoms with van der Waals surface area (Å²) in [5.41, 5.74) is 19.2. The fourth-order valence-electron chi connectivity index (χ4n) is 4.78. The number of pyridine rings is 2. The molecule has 0 spiro atoms. The summed E-state index contributed by atoms with van der Waals surface area (Å²) in [5.74, 6) is -2.49. The Morgan fingerprint density at radius 1 is 1.00 bits per heavy atom. The predicted molar refractivity (Wildman–Crippen MR) is 155 cm³/mol. The van der Waals surface area contributed by atoms with Gasteiger partial charge in [-0.1, -0.05) is 18.2 Å². The van der Waals surface area contributed by atoms with E-state index < -0.39 is 29.7 Å². The minimum Gasteiger partial charge on any atom is -0.457 e. The van der Waals surface area contributed by atoms with Gasteiger partial charge in [-0.3, -0.25) is 14.6 Å². The molecule has 0 bridgehead atoms. The van der Waals surface area contributed by atoms with Crippen molar-refractivity contribution < 1.29 is 23.5 Å². The zero-order chi connectivity index (χ0) is 29.8. The van der Waals surface area contributed by atoms with E-state index in [0.717, 1.165) is 6.07 Å². The molecular weight excluding hydrogens is 541 g/mol. The fraction of sp³-hybridized carbons (Fsp3) is 0.167. The minimum absolute atomic E-state index is 0.0131. The number of rotatable bonds is 7. The third kappa shape index (κ3) is 6.18. The number of carbonyl (C=O) groups excluding carboxylic acids is 3. The number of nitrogen functional groups attached to an aromatic ring is 1. The van der Waals surface area contributed by atoms with Crippen LogP contribution in [0.3, 0.4) is 0 Å². The molecule has 0 radical (unpaired) electrons. The van der Waals surface area contributed by atoms with Gasteiger partial charge in [0.25, 0.3) is 5.91 Å². The average molecular weight is 570 g/mol. The molecule has 214 valence electrons.